The number of nitrogens with zero attached hydrogens (tertiary/aromatic N) is 4. The van der Waals surface area contributed by atoms with E-state index in [-0.39, 0.29) is 29.8 Å². The summed E-state index contributed by atoms with van der Waals surface area (Å²) >= 11 is 0. The number of hydrogen-bond acceptors (Lipinski definition) is 6. The van der Waals surface area contributed by atoms with Gasteiger partial charge in [-0.05, 0) is 43.0 Å². The third-order valence-corrected chi connectivity index (χ3v) is 5.89. The van der Waals surface area contributed by atoms with E-state index >= 15 is 0 Å². The number of primary amides is 1. The summed E-state index contributed by atoms with van der Waals surface area (Å²) < 4.78 is 20.1. The molecule has 2 atom stereocenters. The number of rotatable bonds is 7. The van der Waals surface area contributed by atoms with E-state index < -0.39 is 17.9 Å². The lowest BCUT2D eigenvalue weighted by Gasteiger charge is -2.34. The molecule has 0 bridgehead atoms. The minimum Gasteiger partial charge on any atom is -0.449 e. The molecule has 2 amide bonds. The van der Waals surface area contributed by atoms with Crippen LogP contribution in [0.1, 0.15) is 42.1 Å². The Morgan fingerprint density at radius 2 is 2.03 bits per heavy atom. The molecule has 1 saturated carbocycles. The molecule has 32 heavy (non-hydrogen) atoms. The number of nitrogens with one attached hydrogen (secondary N) is 1. The predicted octanol–water partition coefficient (Wildman–Crippen LogP) is 3.19. The predicted molar refractivity (Wildman–Crippen MR) is 113 cm³/mol. The molecule has 1 aromatic heterocycles. The summed E-state index contributed by atoms with van der Waals surface area (Å²) in [6.07, 6.45) is 4.87. The number of nitriles is 1. The molecule has 4 rings (SSSR count). The molecule has 1 aromatic carbocycles. The molecule has 1 aliphatic heterocycles. The van der Waals surface area contributed by atoms with E-state index in [4.69, 9.17) is 10.5 Å². The molecule has 2 heterocycles. The van der Waals surface area contributed by atoms with Gasteiger partial charge in [0.2, 0.25) is 0 Å². The molecule has 168 valence electrons. The number of amides is 2. The molecule has 0 unspecified atom stereocenters. The molecule has 2 fully saturated rings. The number of carbonyl (C=O) groups excluding carboxylic acids is 2. The van der Waals surface area contributed by atoms with Gasteiger partial charge in [-0.2, -0.15) is 10.4 Å². The summed E-state index contributed by atoms with van der Waals surface area (Å²) in [5.41, 5.74) is 6.21. The van der Waals surface area contributed by atoms with Gasteiger partial charge < -0.3 is 20.7 Å². The van der Waals surface area contributed by atoms with Crippen LogP contribution >= 0.6 is 0 Å². The van der Waals surface area contributed by atoms with Gasteiger partial charge in [0.1, 0.15) is 11.4 Å². The zero-order chi connectivity index (χ0) is 22.7. The zero-order valence-corrected chi connectivity index (χ0v) is 17.5. The van der Waals surface area contributed by atoms with Crippen LogP contribution in [0.4, 0.5) is 20.7 Å². The normalized spacial score (nSPS) is 20.4. The topological polar surface area (TPSA) is 126 Å². The number of carbonyl (C=O) groups is 2. The van der Waals surface area contributed by atoms with Crippen LogP contribution in [-0.4, -0.2) is 46.4 Å². The van der Waals surface area contributed by atoms with Crippen molar-refractivity contribution in [2.24, 2.45) is 17.6 Å². The second kappa shape index (κ2) is 9.26. The monoisotopic (exact) mass is 440 g/mol. The summed E-state index contributed by atoms with van der Waals surface area (Å²) in [7, 11) is 0. The first-order chi connectivity index (χ1) is 15.4. The Morgan fingerprint density at radius 1 is 1.28 bits per heavy atom. The van der Waals surface area contributed by atoms with Crippen LogP contribution in [0.2, 0.25) is 0 Å². The van der Waals surface area contributed by atoms with Gasteiger partial charge in [0.25, 0.3) is 5.91 Å². The fourth-order valence-electron chi connectivity index (χ4n) is 3.86. The van der Waals surface area contributed by atoms with Crippen LogP contribution in [0.15, 0.2) is 30.5 Å². The van der Waals surface area contributed by atoms with Gasteiger partial charge in [-0.3, -0.25) is 9.48 Å². The van der Waals surface area contributed by atoms with E-state index in [1.807, 2.05) is 0 Å². The molecular formula is C22H25FN6O3. The van der Waals surface area contributed by atoms with E-state index in [1.54, 1.807) is 9.58 Å². The lowest BCUT2D eigenvalue weighted by atomic mass is 9.94. The Labute approximate surface area is 184 Å². The molecule has 2 aliphatic rings. The highest BCUT2D eigenvalue weighted by molar-refractivity contribution is 5.98. The average molecular weight is 440 g/mol. The van der Waals surface area contributed by atoms with Crippen LogP contribution < -0.4 is 11.1 Å². The Bertz CT molecular complexity index is 1030. The molecule has 1 saturated heterocycles. The molecule has 1 aliphatic carbocycles. The second-order valence-electron chi connectivity index (χ2n) is 8.25. The van der Waals surface area contributed by atoms with Crippen LogP contribution in [0, 0.1) is 29.0 Å². The smallest absolute Gasteiger partial charge is 0.409 e. The van der Waals surface area contributed by atoms with Crippen LogP contribution in [-0.2, 0) is 4.74 Å². The maximum Gasteiger partial charge on any atom is 0.409 e. The Hall–Kier alpha value is -3.61. The molecule has 0 spiro atoms. The first-order valence-electron chi connectivity index (χ1n) is 10.7. The number of piperidine rings is 1. The van der Waals surface area contributed by atoms with Gasteiger partial charge in [0.15, 0.2) is 5.82 Å². The van der Waals surface area contributed by atoms with Crippen molar-refractivity contribution in [1.29, 1.82) is 5.26 Å². The van der Waals surface area contributed by atoms with Crippen molar-refractivity contribution in [3.05, 3.63) is 41.8 Å². The number of aromatic nitrogens is 2. The standard InChI is InChI=1S/C22H25FN6O3/c23-16-3-5-17(6-4-16)26-21-18(20(25)30)13-29(27-21)19-7-9-28(12-15(19)11-24)22(31)32-10-8-14-1-2-14/h3-6,13-15,19H,1-2,7-10,12H2,(H2,25,30)(H,26,27)/t15-,19+/m0/s1. The maximum atomic E-state index is 13.2. The van der Waals surface area contributed by atoms with E-state index in [0.29, 0.717) is 31.2 Å². The molecule has 9 nitrogen and oxygen atoms in total. The minimum absolute atomic E-state index is 0.160. The van der Waals surface area contributed by atoms with Gasteiger partial charge in [0, 0.05) is 25.0 Å². The Morgan fingerprint density at radius 3 is 2.69 bits per heavy atom. The molecule has 0 radical (unpaired) electrons. The Balaban J connectivity index is 1.45. The van der Waals surface area contributed by atoms with Crippen LogP contribution in [0.5, 0.6) is 0 Å². The Kier molecular flexibility index (Phi) is 6.25. The van der Waals surface area contributed by atoms with Crippen LogP contribution in [0.3, 0.4) is 0 Å². The third-order valence-electron chi connectivity index (χ3n) is 5.89. The van der Waals surface area contributed by atoms with E-state index in [1.165, 1.54) is 43.3 Å². The fourth-order valence-corrected chi connectivity index (χ4v) is 3.86. The SMILES string of the molecule is N#C[C@H]1CN(C(=O)OCCC2CC2)CC[C@H]1n1cc(C(N)=O)c(Nc2ccc(F)cc2)n1. The molecule has 3 N–H and O–H groups in total. The highest BCUT2D eigenvalue weighted by atomic mass is 19.1. The van der Waals surface area contributed by atoms with Crippen molar-refractivity contribution in [3.63, 3.8) is 0 Å². The molecular weight excluding hydrogens is 415 g/mol. The number of hydrogen-bond donors (Lipinski definition) is 2. The highest BCUT2D eigenvalue weighted by Crippen LogP contribution is 2.33. The lowest BCUT2D eigenvalue weighted by Crippen LogP contribution is -2.44. The fraction of sp³-hybridized carbons (Fsp3) is 0.455. The number of likely N-dealkylation sites (tertiary alicyclic amines) is 1. The minimum atomic E-state index is -0.675. The number of nitrogens with two attached hydrogens (primary N) is 1. The average Bonchev–Trinajstić information content (AvgIpc) is 3.52. The number of benzene rings is 1. The first-order valence-corrected chi connectivity index (χ1v) is 10.7. The van der Waals surface area contributed by atoms with Crippen molar-refractivity contribution in [2.75, 3.05) is 25.0 Å². The third kappa shape index (κ3) is 4.99. The number of halogens is 1. The summed E-state index contributed by atoms with van der Waals surface area (Å²) in [5, 5.41) is 17.1. The quantitative estimate of drug-likeness (QED) is 0.681. The van der Waals surface area contributed by atoms with E-state index in [9.17, 15) is 19.2 Å². The summed E-state index contributed by atoms with van der Waals surface area (Å²) in [4.78, 5) is 25.8. The molecule has 10 heteroatoms. The van der Waals surface area contributed by atoms with Gasteiger partial charge >= 0.3 is 6.09 Å². The van der Waals surface area contributed by atoms with Crippen molar-refractivity contribution in [1.82, 2.24) is 14.7 Å². The van der Waals surface area contributed by atoms with Crippen molar-refractivity contribution in [3.8, 4) is 6.07 Å². The van der Waals surface area contributed by atoms with Gasteiger partial charge in [-0.25, -0.2) is 9.18 Å². The molecule has 2 aromatic rings. The summed E-state index contributed by atoms with van der Waals surface area (Å²) in [6.45, 7) is 1.04. The second-order valence-corrected chi connectivity index (χ2v) is 8.25. The summed E-state index contributed by atoms with van der Waals surface area (Å²) in [6, 6.07) is 7.52. The van der Waals surface area contributed by atoms with E-state index in [0.717, 1.165) is 6.42 Å². The van der Waals surface area contributed by atoms with Gasteiger partial charge in [0.05, 0.1) is 24.6 Å². The number of anilines is 2. The van der Waals surface area contributed by atoms with Crippen LogP contribution in [0.25, 0.3) is 0 Å². The number of ether oxygens (including phenoxy) is 1. The van der Waals surface area contributed by atoms with Gasteiger partial charge in [-0.1, -0.05) is 12.8 Å². The first kappa shape index (κ1) is 21.6. The lowest BCUT2D eigenvalue weighted by molar-refractivity contribution is 0.0762. The highest BCUT2D eigenvalue weighted by Gasteiger charge is 2.35. The summed E-state index contributed by atoms with van der Waals surface area (Å²) in [5.74, 6) is -0.684. The van der Waals surface area contributed by atoms with Crippen molar-refractivity contribution < 1.29 is 18.7 Å². The van der Waals surface area contributed by atoms with Gasteiger partial charge in [-0.15, -0.1) is 0 Å². The van der Waals surface area contributed by atoms with Crippen molar-refractivity contribution >= 4 is 23.5 Å². The maximum absolute atomic E-state index is 13.2. The van der Waals surface area contributed by atoms with Crippen molar-refractivity contribution in [2.45, 2.75) is 31.7 Å². The zero-order valence-electron chi connectivity index (χ0n) is 17.5. The largest absolute Gasteiger partial charge is 0.449 e. The van der Waals surface area contributed by atoms with E-state index in [2.05, 4.69) is 16.5 Å².